The first-order chi connectivity index (χ1) is 9.68. The zero-order chi connectivity index (χ0) is 16.2. The van der Waals surface area contributed by atoms with Gasteiger partial charge >= 0.3 is 6.18 Å². The number of para-hydroxylation sites is 1. The number of halogens is 4. The quantitative estimate of drug-likeness (QED) is 0.896. The summed E-state index contributed by atoms with van der Waals surface area (Å²) in [5.74, 6) is -0.787. The SMILES string of the molecule is CC(Oc1ccccc1C(F)(F)F)C(=O)N(C)C(C)CN.Cl. The minimum Gasteiger partial charge on any atom is -0.480 e. The second kappa shape index (κ2) is 8.24. The number of nitrogens with two attached hydrogens (primary N) is 1. The molecule has 0 radical (unpaired) electrons. The Morgan fingerprint density at radius 1 is 1.32 bits per heavy atom. The normalized spacial score (nSPS) is 13.8. The van der Waals surface area contributed by atoms with Gasteiger partial charge in [0.2, 0.25) is 0 Å². The van der Waals surface area contributed by atoms with Crippen LogP contribution in [0.1, 0.15) is 19.4 Å². The van der Waals surface area contributed by atoms with Gasteiger partial charge in [0.1, 0.15) is 5.75 Å². The molecule has 2 atom stereocenters. The van der Waals surface area contributed by atoms with Crippen molar-refractivity contribution in [1.29, 1.82) is 0 Å². The Hall–Kier alpha value is -1.47. The van der Waals surface area contributed by atoms with Crippen molar-refractivity contribution in [3.05, 3.63) is 29.8 Å². The number of benzene rings is 1. The summed E-state index contributed by atoms with van der Waals surface area (Å²) in [4.78, 5) is 13.4. The van der Waals surface area contributed by atoms with E-state index in [-0.39, 0.29) is 30.7 Å². The lowest BCUT2D eigenvalue weighted by Crippen LogP contribution is -2.45. The van der Waals surface area contributed by atoms with Crippen LogP contribution in [0.3, 0.4) is 0 Å². The van der Waals surface area contributed by atoms with Crippen molar-refractivity contribution in [2.45, 2.75) is 32.2 Å². The third kappa shape index (κ3) is 5.06. The van der Waals surface area contributed by atoms with Gasteiger partial charge in [0, 0.05) is 19.6 Å². The summed E-state index contributed by atoms with van der Waals surface area (Å²) in [5, 5.41) is 0. The molecule has 1 amide bonds. The van der Waals surface area contributed by atoms with Crippen molar-refractivity contribution < 1.29 is 22.7 Å². The maximum absolute atomic E-state index is 12.8. The van der Waals surface area contributed by atoms with E-state index in [0.29, 0.717) is 0 Å². The van der Waals surface area contributed by atoms with Crippen LogP contribution in [0, 0.1) is 0 Å². The molecule has 0 aromatic heterocycles. The fraction of sp³-hybridized carbons (Fsp3) is 0.500. The van der Waals surface area contributed by atoms with Crippen molar-refractivity contribution in [2.24, 2.45) is 5.73 Å². The molecule has 0 aliphatic carbocycles. The Morgan fingerprint density at radius 3 is 2.36 bits per heavy atom. The molecule has 0 saturated heterocycles. The number of likely N-dealkylation sites (N-methyl/N-ethyl adjacent to an activating group) is 1. The van der Waals surface area contributed by atoms with Crippen LogP contribution in [0.5, 0.6) is 5.75 Å². The number of carbonyl (C=O) groups excluding carboxylic acids is 1. The van der Waals surface area contributed by atoms with Crippen LogP contribution in [-0.4, -0.2) is 36.5 Å². The highest BCUT2D eigenvalue weighted by Gasteiger charge is 2.35. The van der Waals surface area contributed by atoms with Gasteiger partial charge < -0.3 is 15.4 Å². The fourth-order valence-corrected chi connectivity index (χ4v) is 1.71. The van der Waals surface area contributed by atoms with E-state index in [1.54, 1.807) is 6.92 Å². The van der Waals surface area contributed by atoms with Crippen molar-refractivity contribution in [3.8, 4) is 5.75 Å². The molecule has 126 valence electrons. The van der Waals surface area contributed by atoms with Crippen molar-refractivity contribution in [1.82, 2.24) is 4.90 Å². The maximum Gasteiger partial charge on any atom is 0.419 e. The molecule has 0 bridgehead atoms. The summed E-state index contributed by atoms with van der Waals surface area (Å²) < 4.78 is 43.7. The highest BCUT2D eigenvalue weighted by molar-refractivity contribution is 5.85. The second-order valence-electron chi connectivity index (χ2n) is 4.79. The average molecular weight is 341 g/mol. The summed E-state index contributed by atoms with van der Waals surface area (Å²) in [6, 6.07) is 4.58. The molecule has 1 rings (SSSR count). The Morgan fingerprint density at radius 2 is 1.86 bits per heavy atom. The third-order valence-electron chi connectivity index (χ3n) is 3.19. The van der Waals surface area contributed by atoms with Gasteiger partial charge in [0.25, 0.3) is 5.91 Å². The van der Waals surface area contributed by atoms with Crippen LogP contribution in [0.2, 0.25) is 0 Å². The highest BCUT2D eigenvalue weighted by atomic mass is 35.5. The van der Waals surface area contributed by atoms with E-state index in [9.17, 15) is 18.0 Å². The number of alkyl halides is 3. The van der Waals surface area contributed by atoms with Crippen molar-refractivity contribution in [3.63, 3.8) is 0 Å². The minimum absolute atomic E-state index is 0. The maximum atomic E-state index is 12.8. The van der Waals surface area contributed by atoms with Gasteiger partial charge in [-0.1, -0.05) is 12.1 Å². The van der Waals surface area contributed by atoms with E-state index in [1.807, 2.05) is 0 Å². The van der Waals surface area contributed by atoms with E-state index in [4.69, 9.17) is 10.5 Å². The summed E-state index contributed by atoms with van der Waals surface area (Å²) in [5.41, 5.74) is 4.56. The van der Waals surface area contributed by atoms with Gasteiger partial charge in [-0.25, -0.2) is 0 Å². The van der Waals surface area contributed by atoms with E-state index in [1.165, 1.54) is 37.1 Å². The fourth-order valence-electron chi connectivity index (χ4n) is 1.71. The average Bonchev–Trinajstić information content (AvgIpc) is 2.44. The van der Waals surface area contributed by atoms with E-state index < -0.39 is 23.8 Å². The molecule has 8 heteroatoms. The Bertz CT molecular complexity index is 497. The highest BCUT2D eigenvalue weighted by Crippen LogP contribution is 2.36. The molecule has 0 fully saturated rings. The molecular formula is C14H20ClF3N2O2. The van der Waals surface area contributed by atoms with E-state index >= 15 is 0 Å². The second-order valence-corrected chi connectivity index (χ2v) is 4.79. The lowest BCUT2D eigenvalue weighted by atomic mass is 10.2. The zero-order valence-corrected chi connectivity index (χ0v) is 13.4. The van der Waals surface area contributed by atoms with Crippen molar-refractivity contribution >= 4 is 18.3 Å². The molecule has 1 aromatic rings. The van der Waals surface area contributed by atoms with Gasteiger partial charge in [-0.15, -0.1) is 12.4 Å². The van der Waals surface area contributed by atoms with Gasteiger partial charge in [-0.2, -0.15) is 13.2 Å². The standard InChI is InChI=1S/C14H19F3N2O2.ClH/c1-9(8-18)19(3)13(20)10(2)21-12-7-5-4-6-11(12)14(15,16)17;/h4-7,9-10H,8,18H2,1-3H3;1H. The first kappa shape index (κ1) is 20.5. The molecule has 2 unspecified atom stereocenters. The predicted molar refractivity (Wildman–Crippen MR) is 80.1 cm³/mol. The topological polar surface area (TPSA) is 55.6 Å². The first-order valence-corrected chi connectivity index (χ1v) is 6.48. The van der Waals surface area contributed by atoms with Crippen LogP contribution in [0.15, 0.2) is 24.3 Å². The van der Waals surface area contributed by atoms with E-state index in [2.05, 4.69) is 0 Å². The van der Waals surface area contributed by atoms with Crippen LogP contribution >= 0.6 is 12.4 Å². The summed E-state index contributed by atoms with van der Waals surface area (Å²) in [6.45, 7) is 3.41. The van der Waals surface area contributed by atoms with Gasteiger partial charge in [0.15, 0.2) is 6.10 Å². The largest absolute Gasteiger partial charge is 0.480 e. The molecule has 2 N–H and O–H groups in total. The number of ether oxygens (including phenoxy) is 1. The summed E-state index contributed by atoms with van der Waals surface area (Å²) >= 11 is 0. The molecule has 0 aliphatic heterocycles. The van der Waals surface area contributed by atoms with Gasteiger partial charge in [-0.05, 0) is 26.0 Å². The zero-order valence-electron chi connectivity index (χ0n) is 12.6. The Balaban J connectivity index is 0.00000441. The van der Waals surface area contributed by atoms with Crippen molar-refractivity contribution in [2.75, 3.05) is 13.6 Å². The first-order valence-electron chi connectivity index (χ1n) is 6.48. The summed E-state index contributed by atoms with van der Waals surface area (Å²) in [7, 11) is 1.54. The minimum atomic E-state index is -4.53. The molecule has 4 nitrogen and oxygen atoms in total. The van der Waals surface area contributed by atoms with Crippen LogP contribution in [-0.2, 0) is 11.0 Å². The molecule has 1 aromatic carbocycles. The molecular weight excluding hydrogens is 321 g/mol. The Kier molecular flexibility index (Phi) is 7.69. The molecule has 0 spiro atoms. The van der Waals surface area contributed by atoms with Crippen LogP contribution in [0.4, 0.5) is 13.2 Å². The van der Waals surface area contributed by atoms with E-state index in [0.717, 1.165) is 6.07 Å². The smallest absolute Gasteiger partial charge is 0.419 e. The van der Waals surface area contributed by atoms with Gasteiger partial charge in [0.05, 0.1) is 5.56 Å². The molecule has 22 heavy (non-hydrogen) atoms. The van der Waals surface area contributed by atoms with Gasteiger partial charge in [-0.3, -0.25) is 4.79 Å². The summed E-state index contributed by atoms with van der Waals surface area (Å²) in [6.07, 6.45) is -5.57. The predicted octanol–water partition coefficient (Wildman–Crippen LogP) is 2.70. The lowest BCUT2D eigenvalue weighted by Gasteiger charge is -2.27. The molecule has 0 saturated carbocycles. The monoisotopic (exact) mass is 340 g/mol. The Labute approximate surface area is 133 Å². The number of carbonyl (C=O) groups is 1. The number of hydrogen-bond donors (Lipinski definition) is 1. The lowest BCUT2D eigenvalue weighted by molar-refractivity contribution is -0.143. The molecule has 0 aliphatic rings. The third-order valence-corrected chi connectivity index (χ3v) is 3.19. The number of amides is 1. The number of hydrogen-bond acceptors (Lipinski definition) is 3. The molecule has 0 heterocycles. The van der Waals surface area contributed by atoms with Crippen LogP contribution < -0.4 is 10.5 Å². The van der Waals surface area contributed by atoms with Crippen LogP contribution in [0.25, 0.3) is 0 Å². The number of nitrogens with zero attached hydrogens (tertiary/aromatic N) is 1. The number of rotatable bonds is 5.